The second-order valence-corrected chi connectivity index (χ2v) is 4.20. The van der Waals surface area contributed by atoms with E-state index in [2.05, 4.69) is 0 Å². The third-order valence-electron chi connectivity index (χ3n) is 2.86. The number of phenolic OH excluding ortho intramolecular Hbond substituents is 1. The van der Waals surface area contributed by atoms with Crippen molar-refractivity contribution in [2.24, 2.45) is 0 Å². The Bertz CT molecular complexity index is 632. The first-order valence-corrected chi connectivity index (χ1v) is 6.11. The third-order valence-corrected chi connectivity index (χ3v) is 2.86. The zero-order valence-corrected chi connectivity index (χ0v) is 11.2. The van der Waals surface area contributed by atoms with Gasteiger partial charge in [0.1, 0.15) is 5.75 Å². The Kier molecular flexibility index (Phi) is 3.60. The molecule has 2 aromatic carbocycles. The van der Waals surface area contributed by atoms with E-state index in [-0.39, 0.29) is 5.75 Å². The fraction of sp³-hybridized carbons (Fsp3) is 0.267. The van der Waals surface area contributed by atoms with Gasteiger partial charge in [0.25, 0.3) is 0 Å². The summed E-state index contributed by atoms with van der Waals surface area (Å²) in [7, 11) is 0. The van der Waals surface area contributed by atoms with Gasteiger partial charge in [-0.1, -0.05) is 24.3 Å². The lowest BCUT2D eigenvalue weighted by Gasteiger charge is -2.16. The van der Waals surface area contributed by atoms with E-state index in [4.69, 9.17) is 9.47 Å². The molecular formula is C15H16O4. The van der Waals surface area contributed by atoms with E-state index in [1.165, 1.54) is 6.92 Å². The number of hydrogen-bond acceptors (Lipinski definition) is 4. The van der Waals surface area contributed by atoms with Crippen LogP contribution in [-0.4, -0.2) is 17.7 Å². The van der Waals surface area contributed by atoms with Crippen molar-refractivity contribution < 1.29 is 19.4 Å². The summed E-state index contributed by atoms with van der Waals surface area (Å²) in [5.41, 5.74) is 0.619. The molecule has 100 valence electrons. The molecule has 0 atom stereocenters. The Morgan fingerprint density at radius 2 is 1.84 bits per heavy atom. The number of ether oxygens (including phenoxy) is 2. The highest BCUT2D eigenvalue weighted by Crippen LogP contribution is 2.44. The van der Waals surface area contributed by atoms with Crippen molar-refractivity contribution in [1.29, 1.82) is 0 Å². The fourth-order valence-electron chi connectivity index (χ4n) is 2.09. The Morgan fingerprint density at radius 3 is 2.42 bits per heavy atom. The second-order valence-electron chi connectivity index (χ2n) is 4.20. The molecule has 0 aliphatic carbocycles. The number of carbonyl (C=O) groups excluding carboxylic acids is 1. The van der Waals surface area contributed by atoms with Gasteiger partial charge in [0.15, 0.2) is 11.5 Å². The van der Waals surface area contributed by atoms with Gasteiger partial charge in [-0.05, 0) is 13.8 Å². The van der Waals surface area contributed by atoms with Crippen LogP contribution < -0.4 is 9.47 Å². The molecule has 0 saturated carbocycles. The van der Waals surface area contributed by atoms with E-state index in [0.29, 0.717) is 34.4 Å². The topological polar surface area (TPSA) is 55.8 Å². The summed E-state index contributed by atoms with van der Waals surface area (Å²) in [4.78, 5) is 11.2. The molecule has 0 fully saturated rings. The first-order chi connectivity index (χ1) is 9.06. The molecule has 4 heteroatoms. The van der Waals surface area contributed by atoms with E-state index in [9.17, 15) is 9.90 Å². The standard InChI is InChI=1S/C15H16O4/c1-4-18-15-9(2)14(19-10(3)16)12-8-6-5-7-11(12)13(15)17/h5-8,17H,4H2,1-3H3. The SMILES string of the molecule is CCOc1c(C)c(OC(C)=O)c2ccccc2c1O. The summed E-state index contributed by atoms with van der Waals surface area (Å²) < 4.78 is 10.7. The Labute approximate surface area is 111 Å². The summed E-state index contributed by atoms with van der Waals surface area (Å²) in [5, 5.41) is 11.5. The maximum absolute atomic E-state index is 11.2. The molecule has 0 heterocycles. The van der Waals surface area contributed by atoms with E-state index in [0.717, 1.165) is 0 Å². The minimum absolute atomic E-state index is 0.0749. The van der Waals surface area contributed by atoms with Crippen LogP contribution >= 0.6 is 0 Å². The molecule has 2 rings (SSSR count). The summed E-state index contributed by atoms with van der Waals surface area (Å²) >= 11 is 0. The van der Waals surface area contributed by atoms with Crippen molar-refractivity contribution in [1.82, 2.24) is 0 Å². The van der Waals surface area contributed by atoms with Crippen LogP contribution in [0.3, 0.4) is 0 Å². The number of aromatic hydroxyl groups is 1. The molecule has 0 radical (unpaired) electrons. The number of fused-ring (bicyclic) bond motifs is 1. The number of benzene rings is 2. The smallest absolute Gasteiger partial charge is 0.308 e. The molecular weight excluding hydrogens is 244 g/mol. The highest BCUT2D eigenvalue weighted by molar-refractivity contribution is 5.98. The van der Waals surface area contributed by atoms with Crippen LogP contribution in [0.25, 0.3) is 10.8 Å². The average molecular weight is 260 g/mol. The molecule has 1 N–H and O–H groups in total. The predicted molar refractivity (Wildman–Crippen MR) is 72.8 cm³/mol. The molecule has 0 saturated heterocycles. The van der Waals surface area contributed by atoms with Gasteiger partial charge < -0.3 is 14.6 Å². The van der Waals surface area contributed by atoms with Crippen molar-refractivity contribution in [3.05, 3.63) is 29.8 Å². The van der Waals surface area contributed by atoms with Crippen LogP contribution in [0.5, 0.6) is 17.2 Å². The summed E-state index contributed by atoms with van der Waals surface area (Å²) in [6, 6.07) is 7.20. The van der Waals surface area contributed by atoms with E-state index in [1.54, 1.807) is 19.1 Å². The van der Waals surface area contributed by atoms with Crippen LogP contribution in [0.1, 0.15) is 19.4 Å². The number of carbonyl (C=O) groups is 1. The maximum atomic E-state index is 11.2. The fourth-order valence-corrected chi connectivity index (χ4v) is 2.09. The minimum atomic E-state index is -0.401. The molecule has 0 unspecified atom stereocenters. The van der Waals surface area contributed by atoms with Crippen LogP contribution in [0.4, 0.5) is 0 Å². The lowest BCUT2D eigenvalue weighted by molar-refractivity contribution is -0.131. The maximum Gasteiger partial charge on any atom is 0.308 e. The normalized spacial score (nSPS) is 10.5. The number of phenols is 1. The minimum Gasteiger partial charge on any atom is -0.504 e. The Balaban J connectivity index is 2.79. The van der Waals surface area contributed by atoms with Gasteiger partial charge in [0, 0.05) is 23.3 Å². The van der Waals surface area contributed by atoms with Crippen LogP contribution in [0, 0.1) is 6.92 Å². The molecule has 0 spiro atoms. The third kappa shape index (κ3) is 2.34. The van der Waals surface area contributed by atoms with Gasteiger partial charge in [-0.25, -0.2) is 0 Å². The number of hydrogen-bond donors (Lipinski definition) is 1. The van der Waals surface area contributed by atoms with Gasteiger partial charge in [-0.3, -0.25) is 4.79 Å². The Hall–Kier alpha value is -2.23. The molecule has 0 aromatic heterocycles. The van der Waals surface area contributed by atoms with Crippen molar-refractivity contribution >= 4 is 16.7 Å². The van der Waals surface area contributed by atoms with Gasteiger partial charge in [0.05, 0.1) is 6.61 Å². The van der Waals surface area contributed by atoms with E-state index < -0.39 is 5.97 Å². The molecule has 19 heavy (non-hydrogen) atoms. The lowest BCUT2D eigenvalue weighted by Crippen LogP contribution is -2.05. The van der Waals surface area contributed by atoms with Gasteiger partial charge >= 0.3 is 5.97 Å². The summed E-state index contributed by atoms with van der Waals surface area (Å²) in [6.07, 6.45) is 0. The first-order valence-electron chi connectivity index (χ1n) is 6.11. The number of esters is 1. The largest absolute Gasteiger partial charge is 0.504 e. The van der Waals surface area contributed by atoms with Crippen molar-refractivity contribution in [2.75, 3.05) is 6.61 Å². The quantitative estimate of drug-likeness (QED) is 0.680. The summed E-state index contributed by atoms with van der Waals surface area (Å²) in [6.45, 7) is 5.36. The molecule has 4 nitrogen and oxygen atoms in total. The van der Waals surface area contributed by atoms with E-state index >= 15 is 0 Å². The zero-order chi connectivity index (χ0) is 14.0. The highest BCUT2D eigenvalue weighted by Gasteiger charge is 2.19. The van der Waals surface area contributed by atoms with Crippen molar-refractivity contribution in [3.8, 4) is 17.2 Å². The molecule has 2 aromatic rings. The van der Waals surface area contributed by atoms with Gasteiger partial charge in [-0.2, -0.15) is 0 Å². The predicted octanol–water partition coefficient (Wildman–Crippen LogP) is 3.18. The lowest BCUT2D eigenvalue weighted by atomic mass is 10.0. The van der Waals surface area contributed by atoms with Crippen LogP contribution in [-0.2, 0) is 4.79 Å². The van der Waals surface area contributed by atoms with Crippen molar-refractivity contribution in [2.45, 2.75) is 20.8 Å². The first kappa shape index (κ1) is 13.2. The van der Waals surface area contributed by atoms with Crippen molar-refractivity contribution in [3.63, 3.8) is 0 Å². The zero-order valence-electron chi connectivity index (χ0n) is 11.2. The molecule has 0 amide bonds. The monoisotopic (exact) mass is 260 g/mol. The highest BCUT2D eigenvalue weighted by atomic mass is 16.5. The van der Waals surface area contributed by atoms with Gasteiger partial charge in [0.2, 0.25) is 0 Å². The molecule has 0 aliphatic heterocycles. The van der Waals surface area contributed by atoms with Crippen LogP contribution in [0.15, 0.2) is 24.3 Å². The number of rotatable bonds is 3. The Morgan fingerprint density at radius 1 is 1.21 bits per heavy atom. The average Bonchev–Trinajstić information content (AvgIpc) is 2.39. The summed E-state index contributed by atoms with van der Waals surface area (Å²) in [5.74, 6) is 0.467. The van der Waals surface area contributed by atoms with Gasteiger partial charge in [-0.15, -0.1) is 0 Å². The van der Waals surface area contributed by atoms with E-state index in [1.807, 2.05) is 19.1 Å². The van der Waals surface area contributed by atoms with Crippen LogP contribution in [0.2, 0.25) is 0 Å². The second kappa shape index (κ2) is 5.18. The molecule has 0 aliphatic rings. The molecule has 0 bridgehead atoms.